The van der Waals surface area contributed by atoms with E-state index in [0.29, 0.717) is 16.0 Å². The SMILES string of the molecule is CCc1nnc(NC(=O)C(C)Sc2nc(C)cc(=O)[nH]2)s1. The van der Waals surface area contributed by atoms with Crippen molar-refractivity contribution in [2.24, 2.45) is 0 Å². The van der Waals surface area contributed by atoms with Crippen LogP contribution < -0.4 is 10.9 Å². The highest BCUT2D eigenvalue weighted by molar-refractivity contribution is 8.00. The van der Waals surface area contributed by atoms with Gasteiger partial charge in [-0.15, -0.1) is 10.2 Å². The molecule has 1 amide bonds. The standard InChI is InChI=1S/C12H15N5O2S2/c1-4-9-16-17-12(21-9)15-10(19)7(3)20-11-13-6(2)5-8(18)14-11/h5,7H,4H2,1-3H3,(H,13,14,18)(H,15,17,19). The van der Waals surface area contributed by atoms with Gasteiger partial charge in [-0.25, -0.2) is 4.98 Å². The number of aromatic amines is 1. The van der Waals surface area contributed by atoms with Gasteiger partial charge in [0, 0.05) is 11.8 Å². The highest BCUT2D eigenvalue weighted by Crippen LogP contribution is 2.21. The van der Waals surface area contributed by atoms with Crippen LogP contribution in [0.1, 0.15) is 24.5 Å². The smallest absolute Gasteiger partial charge is 0.251 e. The molecule has 0 spiro atoms. The summed E-state index contributed by atoms with van der Waals surface area (Å²) in [6.45, 7) is 5.45. The molecule has 2 N–H and O–H groups in total. The molecule has 2 aromatic rings. The van der Waals surface area contributed by atoms with Crippen LogP contribution in [0.2, 0.25) is 0 Å². The number of hydrogen-bond donors (Lipinski definition) is 2. The van der Waals surface area contributed by atoms with Gasteiger partial charge in [0.25, 0.3) is 5.56 Å². The number of rotatable bonds is 5. The van der Waals surface area contributed by atoms with E-state index in [0.717, 1.165) is 11.4 Å². The predicted octanol–water partition coefficient (Wildman–Crippen LogP) is 1.61. The first-order valence-corrected chi connectivity index (χ1v) is 8.05. The molecule has 0 saturated heterocycles. The van der Waals surface area contributed by atoms with E-state index in [1.807, 2.05) is 6.92 Å². The summed E-state index contributed by atoms with van der Waals surface area (Å²) >= 11 is 2.54. The molecule has 0 aliphatic heterocycles. The Morgan fingerprint density at radius 3 is 2.90 bits per heavy atom. The molecule has 0 aliphatic rings. The molecule has 112 valence electrons. The molecule has 0 fully saturated rings. The van der Waals surface area contributed by atoms with Crippen molar-refractivity contribution < 1.29 is 4.79 Å². The first-order valence-electron chi connectivity index (χ1n) is 6.35. The van der Waals surface area contributed by atoms with Gasteiger partial charge in [0.1, 0.15) is 5.01 Å². The van der Waals surface area contributed by atoms with E-state index in [2.05, 4.69) is 25.5 Å². The van der Waals surface area contributed by atoms with Crippen LogP contribution in [-0.4, -0.2) is 31.3 Å². The molecular weight excluding hydrogens is 310 g/mol. The molecule has 21 heavy (non-hydrogen) atoms. The van der Waals surface area contributed by atoms with Crippen LogP contribution in [0.25, 0.3) is 0 Å². The Kier molecular flexibility index (Phi) is 5.07. The second-order valence-corrected chi connectivity index (χ2v) is 6.69. The molecule has 9 heteroatoms. The molecule has 0 radical (unpaired) electrons. The molecular formula is C12H15N5O2S2. The number of aryl methyl sites for hydroxylation is 2. The number of amides is 1. The molecule has 0 aromatic carbocycles. The van der Waals surface area contributed by atoms with Gasteiger partial charge in [-0.05, 0) is 20.3 Å². The molecule has 2 heterocycles. The Balaban J connectivity index is 2.00. The van der Waals surface area contributed by atoms with Crippen molar-refractivity contribution in [2.75, 3.05) is 5.32 Å². The number of carbonyl (C=O) groups excluding carboxylic acids is 1. The fraction of sp³-hybridized carbons (Fsp3) is 0.417. The Hall–Kier alpha value is -1.74. The maximum atomic E-state index is 12.1. The van der Waals surface area contributed by atoms with E-state index in [1.54, 1.807) is 13.8 Å². The lowest BCUT2D eigenvalue weighted by atomic mass is 10.4. The lowest BCUT2D eigenvalue weighted by Crippen LogP contribution is -2.23. The van der Waals surface area contributed by atoms with Crippen molar-refractivity contribution >= 4 is 34.1 Å². The van der Waals surface area contributed by atoms with Gasteiger partial charge in [-0.1, -0.05) is 30.0 Å². The summed E-state index contributed by atoms with van der Waals surface area (Å²) in [5.74, 6) is -0.206. The number of H-pyrrole nitrogens is 1. The second kappa shape index (κ2) is 6.81. The molecule has 0 saturated carbocycles. The summed E-state index contributed by atoms with van der Waals surface area (Å²) in [4.78, 5) is 30.2. The first-order chi connectivity index (χ1) is 9.97. The Labute approximate surface area is 129 Å². The fourth-order valence-electron chi connectivity index (χ4n) is 1.48. The molecule has 2 rings (SSSR count). The van der Waals surface area contributed by atoms with Gasteiger partial charge in [-0.3, -0.25) is 14.9 Å². The van der Waals surface area contributed by atoms with Gasteiger partial charge >= 0.3 is 0 Å². The minimum atomic E-state index is -0.413. The van der Waals surface area contributed by atoms with Gasteiger partial charge in [0.2, 0.25) is 11.0 Å². The summed E-state index contributed by atoms with van der Waals surface area (Å²) in [5, 5.41) is 11.9. The molecule has 1 unspecified atom stereocenters. The zero-order valence-corrected chi connectivity index (χ0v) is 13.5. The number of aromatic nitrogens is 4. The third-order valence-corrected chi connectivity index (χ3v) is 4.47. The number of carbonyl (C=O) groups is 1. The summed E-state index contributed by atoms with van der Waals surface area (Å²) < 4.78 is 0. The van der Waals surface area contributed by atoms with Gasteiger partial charge in [0.05, 0.1) is 5.25 Å². The minimum absolute atomic E-state index is 0.206. The van der Waals surface area contributed by atoms with Crippen LogP contribution in [0, 0.1) is 6.92 Å². The van der Waals surface area contributed by atoms with E-state index < -0.39 is 5.25 Å². The van der Waals surface area contributed by atoms with E-state index in [4.69, 9.17) is 0 Å². The largest absolute Gasteiger partial charge is 0.301 e. The monoisotopic (exact) mass is 325 g/mol. The predicted molar refractivity (Wildman–Crippen MR) is 82.8 cm³/mol. The highest BCUT2D eigenvalue weighted by Gasteiger charge is 2.17. The number of anilines is 1. The maximum Gasteiger partial charge on any atom is 0.251 e. The van der Waals surface area contributed by atoms with Crippen molar-refractivity contribution in [3.8, 4) is 0 Å². The third-order valence-electron chi connectivity index (χ3n) is 2.51. The zero-order valence-electron chi connectivity index (χ0n) is 11.8. The van der Waals surface area contributed by atoms with Crippen LogP contribution in [0.4, 0.5) is 5.13 Å². The molecule has 1 atom stereocenters. The van der Waals surface area contributed by atoms with E-state index in [1.165, 1.54) is 29.2 Å². The lowest BCUT2D eigenvalue weighted by Gasteiger charge is -2.09. The van der Waals surface area contributed by atoms with Crippen molar-refractivity contribution in [2.45, 2.75) is 37.6 Å². The van der Waals surface area contributed by atoms with E-state index in [9.17, 15) is 9.59 Å². The van der Waals surface area contributed by atoms with E-state index in [-0.39, 0.29) is 11.5 Å². The average Bonchev–Trinajstić information content (AvgIpc) is 2.85. The van der Waals surface area contributed by atoms with Crippen LogP contribution in [0.15, 0.2) is 16.0 Å². The number of hydrogen-bond acceptors (Lipinski definition) is 7. The molecule has 2 aromatic heterocycles. The topological polar surface area (TPSA) is 101 Å². The summed E-state index contributed by atoms with van der Waals surface area (Å²) in [5.41, 5.74) is 0.389. The van der Waals surface area contributed by atoms with Crippen LogP contribution in [-0.2, 0) is 11.2 Å². The third kappa shape index (κ3) is 4.36. The van der Waals surface area contributed by atoms with E-state index >= 15 is 0 Å². The summed E-state index contributed by atoms with van der Waals surface area (Å²) in [6.07, 6.45) is 0.784. The molecule has 0 bridgehead atoms. The van der Waals surface area contributed by atoms with Crippen molar-refractivity contribution in [1.82, 2.24) is 20.2 Å². The number of thioether (sulfide) groups is 1. The van der Waals surface area contributed by atoms with Crippen molar-refractivity contribution in [3.63, 3.8) is 0 Å². The van der Waals surface area contributed by atoms with Crippen molar-refractivity contribution in [1.29, 1.82) is 0 Å². The van der Waals surface area contributed by atoms with Crippen molar-refractivity contribution in [3.05, 3.63) is 27.1 Å². The fourth-order valence-corrected chi connectivity index (χ4v) is 3.02. The number of nitrogens with one attached hydrogen (secondary N) is 2. The molecule has 0 aliphatic carbocycles. The van der Waals surface area contributed by atoms with Crippen LogP contribution >= 0.6 is 23.1 Å². The maximum absolute atomic E-state index is 12.1. The minimum Gasteiger partial charge on any atom is -0.301 e. The van der Waals surface area contributed by atoms with Gasteiger partial charge in [-0.2, -0.15) is 0 Å². The Morgan fingerprint density at radius 2 is 2.29 bits per heavy atom. The van der Waals surface area contributed by atoms with Crippen LogP contribution in [0.5, 0.6) is 0 Å². The second-order valence-electron chi connectivity index (χ2n) is 4.30. The van der Waals surface area contributed by atoms with Gasteiger partial charge < -0.3 is 4.98 Å². The lowest BCUT2D eigenvalue weighted by molar-refractivity contribution is -0.115. The molecule has 7 nitrogen and oxygen atoms in total. The zero-order chi connectivity index (χ0) is 15.4. The summed E-state index contributed by atoms with van der Waals surface area (Å²) in [7, 11) is 0. The van der Waals surface area contributed by atoms with Crippen LogP contribution in [0.3, 0.4) is 0 Å². The first kappa shape index (κ1) is 15.6. The van der Waals surface area contributed by atoms with Gasteiger partial charge in [0.15, 0.2) is 5.16 Å². The normalized spacial score (nSPS) is 12.1. The quantitative estimate of drug-likeness (QED) is 0.640. The average molecular weight is 325 g/mol. The number of nitrogens with zero attached hydrogens (tertiary/aromatic N) is 3. The highest BCUT2D eigenvalue weighted by atomic mass is 32.2. The Morgan fingerprint density at radius 1 is 1.52 bits per heavy atom. The Bertz CT molecular complexity index is 697. The summed E-state index contributed by atoms with van der Waals surface area (Å²) in [6, 6.07) is 1.41.